The number of hydrogen-bond donors (Lipinski definition) is 0. The van der Waals surface area contributed by atoms with Gasteiger partial charge in [-0.25, -0.2) is 0 Å². The highest BCUT2D eigenvalue weighted by atomic mass is 16.5. The fourth-order valence-corrected chi connectivity index (χ4v) is 1.39. The van der Waals surface area contributed by atoms with Crippen molar-refractivity contribution in [3.8, 4) is 11.5 Å². The van der Waals surface area contributed by atoms with E-state index in [0.717, 1.165) is 17.1 Å². The smallest absolute Gasteiger partial charge is 0.165 e. The molecule has 1 radical (unpaired) electrons. The van der Waals surface area contributed by atoms with Crippen LogP contribution in [0.3, 0.4) is 0 Å². The van der Waals surface area contributed by atoms with E-state index < -0.39 is 0 Å². The average molecular weight is 193 g/mol. The Morgan fingerprint density at radius 2 is 1.79 bits per heavy atom. The first-order chi connectivity index (χ1) is 6.50. The maximum atomic E-state index is 5.34. The Morgan fingerprint density at radius 3 is 2.21 bits per heavy atom. The standard InChI is InChI=1S/C12H17O2/c1-12(2,3)9-7-6-8-10(13-4)11(9)14-5/h6,8H,1-5H3. The van der Waals surface area contributed by atoms with Gasteiger partial charge in [0, 0.05) is 5.56 Å². The zero-order chi connectivity index (χ0) is 10.8. The van der Waals surface area contributed by atoms with Gasteiger partial charge in [-0.1, -0.05) is 26.8 Å². The van der Waals surface area contributed by atoms with Gasteiger partial charge in [0.05, 0.1) is 14.2 Å². The third-order valence-corrected chi connectivity index (χ3v) is 2.09. The molecule has 0 spiro atoms. The van der Waals surface area contributed by atoms with Crippen LogP contribution < -0.4 is 9.47 Å². The molecule has 0 heterocycles. The molecule has 0 aliphatic carbocycles. The lowest BCUT2D eigenvalue weighted by Gasteiger charge is -2.22. The van der Waals surface area contributed by atoms with Gasteiger partial charge in [-0.05, 0) is 17.5 Å². The molecule has 77 valence electrons. The van der Waals surface area contributed by atoms with Gasteiger partial charge in [0.1, 0.15) is 0 Å². The van der Waals surface area contributed by atoms with Gasteiger partial charge >= 0.3 is 0 Å². The van der Waals surface area contributed by atoms with E-state index in [1.807, 2.05) is 12.1 Å². The summed E-state index contributed by atoms with van der Waals surface area (Å²) in [6, 6.07) is 6.92. The minimum absolute atomic E-state index is 0.0138. The maximum Gasteiger partial charge on any atom is 0.165 e. The molecule has 0 amide bonds. The highest BCUT2D eigenvalue weighted by Gasteiger charge is 2.21. The Kier molecular flexibility index (Phi) is 3.04. The molecule has 2 heteroatoms. The number of methoxy groups -OCH3 is 2. The van der Waals surface area contributed by atoms with Crippen molar-refractivity contribution in [2.45, 2.75) is 26.2 Å². The van der Waals surface area contributed by atoms with Gasteiger partial charge in [0.2, 0.25) is 0 Å². The van der Waals surface area contributed by atoms with Crippen LogP contribution in [0.2, 0.25) is 0 Å². The van der Waals surface area contributed by atoms with Gasteiger partial charge in [0.25, 0.3) is 0 Å². The van der Waals surface area contributed by atoms with Crippen LogP contribution in [-0.4, -0.2) is 14.2 Å². The van der Waals surface area contributed by atoms with Crippen molar-refractivity contribution in [2.75, 3.05) is 14.2 Å². The normalized spacial score (nSPS) is 11.2. The van der Waals surface area contributed by atoms with Crippen molar-refractivity contribution in [1.82, 2.24) is 0 Å². The van der Waals surface area contributed by atoms with Crippen molar-refractivity contribution in [2.24, 2.45) is 0 Å². The number of rotatable bonds is 2. The van der Waals surface area contributed by atoms with E-state index in [1.165, 1.54) is 0 Å². The fraction of sp³-hybridized carbons (Fsp3) is 0.500. The highest BCUT2D eigenvalue weighted by Crippen LogP contribution is 2.37. The summed E-state index contributed by atoms with van der Waals surface area (Å²) in [7, 11) is 3.30. The molecular weight excluding hydrogens is 176 g/mol. The van der Waals surface area contributed by atoms with Crippen LogP contribution in [0.5, 0.6) is 11.5 Å². The third-order valence-electron chi connectivity index (χ3n) is 2.09. The Balaban J connectivity index is 3.29. The minimum Gasteiger partial charge on any atom is -0.493 e. The lowest BCUT2D eigenvalue weighted by atomic mass is 9.86. The van der Waals surface area contributed by atoms with Crippen molar-refractivity contribution in [3.63, 3.8) is 0 Å². The molecule has 14 heavy (non-hydrogen) atoms. The Bertz CT molecular complexity index is 311. The minimum atomic E-state index is 0.0138. The predicted molar refractivity (Wildman–Crippen MR) is 57.1 cm³/mol. The third kappa shape index (κ3) is 2.00. The summed E-state index contributed by atoms with van der Waals surface area (Å²) in [6.07, 6.45) is 0. The lowest BCUT2D eigenvalue weighted by molar-refractivity contribution is 0.345. The summed E-state index contributed by atoms with van der Waals surface area (Å²) < 4.78 is 10.6. The molecule has 2 nitrogen and oxygen atoms in total. The second kappa shape index (κ2) is 3.91. The zero-order valence-corrected chi connectivity index (χ0v) is 9.47. The molecule has 1 rings (SSSR count). The van der Waals surface area contributed by atoms with Gasteiger partial charge < -0.3 is 9.47 Å². The summed E-state index contributed by atoms with van der Waals surface area (Å²) in [6.45, 7) is 6.38. The van der Waals surface area contributed by atoms with Crippen LogP contribution in [0.15, 0.2) is 12.1 Å². The Morgan fingerprint density at radius 1 is 1.14 bits per heavy atom. The van der Waals surface area contributed by atoms with Crippen LogP contribution in [0.25, 0.3) is 0 Å². The van der Waals surface area contributed by atoms with Crippen LogP contribution in [0.1, 0.15) is 26.3 Å². The zero-order valence-electron chi connectivity index (χ0n) is 9.47. The largest absolute Gasteiger partial charge is 0.493 e. The van der Waals surface area contributed by atoms with E-state index >= 15 is 0 Å². The predicted octanol–water partition coefficient (Wildman–Crippen LogP) is 2.80. The number of ether oxygens (including phenoxy) is 2. The lowest BCUT2D eigenvalue weighted by Crippen LogP contribution is -2.13. The summed E-state index contributed by atoms with van der Waals surface area (Å²) in [5.41, 5.74) is 1.05. The van der Waals surface area contributed by atoms with Gasteiger partial charge in [-0.3, -0.25) is 0 Å². The van der Waals surface area contributed by atoms with E-state index in [9.17, 15) is 0 Å². The monoisotopic (exact) mass is 193 g/mol. The van der Waals surface area contributed by atoms with Crippen LogP contribution in [0, 0.1) is 6.07 Å². The summed E-state index contributed by atoms with van der Waals surface area (Å²) >= 11 is 0. The van der Waals surface area contributed by atoms with E-state index in [4.69, 9.17) is 9.47 Å². The van der Waals surface area contributed by atoms with E-state index in [-0.39, 0.29) is 5.41 Å². The first kappa shape index (κ1) is 10.9. The van der Waals surface area contributed by atoms with E-state index in [1.54, 1.807) is 14.2 Å². The topological polar surface area (TPSA) is 18.5 Å². The van der Waals surface area contributed by atoms with Gasteiger partial charge in [0.15, 0.2) is 11.5 Å². The first-order valence-electron chi connectivity index (χ1n) is 4.64. The highest BCUT2D eigenvalue weighted by molar-refractivity contribution is 5.48. The molecule has 0 aliphatic heterocycles. The molecule has 0 unspecified atom stereocenters. The molecule has 0 N–H and O–H groups in total. The molecule has 0 aromatic heterocycles. The Labute approximate surface area is 85.8 Å². The molecule has 1 aromatic rings. The fourth-order valence-electron chi connectivity index (χ4n) is 1.39. The van der Waals surface area contributed by atoms with Crippen molar-refractivity contribution in [1.29, 1.82) is 0 Å². The first-order valence-corrected chi connectivity index (χ1v) is 4.64. The van der Waals surface area contributed by atoms with Gasteiger partial charge in [-0.15, -0.1) is 0 Å². The molecule has 0 saturated carbocycles. The van der Waals surface area contributed by atoms with Gasteiger partial charge in [-0.2, -0.15) is 0 Å². The summed E-state index contributed by atoms with van der Waals surface area (Å²) in [5.74, 6) is 1.54. The maximum absolute atomic E-state index is 5.34. The summed E-state index contributed by atoms with van der Waals surface area (Å²) in [5, 5.41) is 0. The molecular formula is C12H17O2. The SMILES string of the molecule is COc1cc[c]c(C(C)(C)C)c1OC. The molecule has 1 aromatic carbocycles. The quantitative estimate of drug-likeness (QED) is 0.719. The number of benzene rings is 1. The molecule has 0 aliphatic rings. The van der Waals surface area contributed by atoms with E-state index in [0.29, 0.717) is 0 Å². The van der Waals surface area contributed by atoms with Crippen LogP contribution in [0.4, 0.5) is 0 Å². The van der Waals surface area contributed by atoms with Crippen molar-refractivity contribution in [3.05, 3.63) is 23.8 Å². The molecule has 0 saturated heterocycles. The number of hydrogen-bond acceptors (Lipinski definition) is 2. The molecule has 0 bridgehead atoms. The second-order valence-corrected chi connectivity index (χ2v) is 4.20. The second-order valence-electron chi connectivity index (χ2n) is 4.20. The van der Waals surface area contributed by atoms with Crippen molar-refractivity contribution >= 4 is 0 Å². The summed E-state index contributed by atoms with van der Waals surface area (Å²) in [4.78, 5) is 0. The molecule has 0 fully saturated rings. The average Bonchev–Trinajstić information content (AvgIpc) is 2.15. The van der Waals surface area contributed by atoms with Crippen molar-refractivity contribution < 1.29 is 9.47 Å². The Hall–Kier alpha value is -1.18. The van der Waals surface area contributed by atoms with E-state index in [2.05, 4.69) is 26.8 Å². The molecule has 0 atom stereocenters. The van der Waals surface area contributed by atoms with Crippen LogP contribution in [-0.2, 0) is 5.41 Å². The van der Waals surface area contributed by atoms with Crippen LogP contribution >= 0.6 is 0 Å².